The molecule has 0 aromatic rings. The molecule has 0 radical (unpaired) electrons. The van der Waals surface area contributed by atoms with Crippen LogP contribution < -0.4 is 0 Å². The number of aliphatic hydroxyl groups is 1. The van der Waals surface area contributed by atoms with E-state index in [1.807, 2.05) is 6.92 Å². The van der Waals surface area contributed by atoms with Crippen LogP contribution in [0.15, 0.2) is 0 Å². The second-order valence-electron chi connectivity index (χ2n) is 4.61. The van der Waals surface area contributed by atoms with Crippen LogP contribution in [0.25, 0.3) is 0 Å². The zero-order valence-corrected chi connectivity index (χ0v) is 8.12. The summed E-state index contributed by atoms with van der Waals surface area (Å²) in [7, 11) is 0. The Hall–Kier alpha value is -0.570. The highest BCUT2D eigenvalue weighted by Crippen LogP contribution is 2.41. The Kier molecular flexibility index (Phi) is 1.88. The van der Waals surface area contributed by atoms with Gasteiger partial charge < -0.3 is 9.84 Å². The van der Waals surface area contributed by atoms with Gasteiger partial charge in [-0.15, -0.1) is 0 Å². The lowest BCUT2D eigenvalue weighted by atomic mass is 9.71. The molecule has 13 heavy (non-hydrogen) atoms. The molecule has 1 saturated carbocycles. The number of rotatable bonds is 0. The van der Waals surface area contributed by atoms with E-state index < -0.39 is 5.60 Å². The number of esters is 1. The van der Waals surface area contributed by atoms with Crippen molar-refractivity contribution in [3.8, 4) is 0 Å². The largest absolute Gasteiger partial charge is 0.459 e. The minimum atomic E-state index is -0.799. The summed E-state index contributed by atoms with van der Waals surface area (Å²) < 4.78 is 5.20. The van der Waals surface area contributed by atoms with Crippen molar-refractivity contribution in [2.24, 2.45) is 11.8 Å². The maximum atomic E-state index is 11.4. The fraction of sp³-hybridized carbons (Fsp3) is 0.900. The molecule has 0 amide bonds. The van der Waals surface area contributed by atoms with E-state index in [2.05, 4.69) is 0 Å². The molecule has 0 unspecified atom stereocenters. The van der Waals surface area contributed by atoms with Crippen LogP contribution in [0, 0.1) is 11.8 Å². The second-order valence-corrected chi connectivity index (χ2v) is 4.61. The summed E-state index contributed by atoms with van der Waals surface area (Å²) in [6.07, 6.45) is 2.26. The van der Waals surface area contributed by atoms with Crippen LogP contribution in [0.5, 0.6) is 0 Å². The van der Waals surface area contributed by atoms with Crippen LogP contribution in [0.2, 0.25) is 0 Å². The molecule has 74 valence electrons. The number of ether oxygens (including phenoxy) is 1. The van der Waals surface area contributed by atoms with Gasteiger partial charge >= 0.3 is 5.97 Å². The van der Waals surface area contributed by atoms with Crippen molar-refractivity contribution >= 4 is 5.97 Å². The third-order valence-corrected chi connectivity index (χ3v) is 3.57. The molecular formula is C10H16O3. The molecule has 1 aliphatic heterocycles. The Morgan fingerprint density at radius 2 is 2.31 bits per heavy atom. The normalized spacial score (nSPS) is 50.1. The van der Waals surface area contributed by atoms with E-state index in [0.717, 1.165) is 19.3 Å². The zero-order chi connectivity index (χ0) is 9.64. The van der Waals surface area contributed by atoms with E-state index in [1.54, 1.807) is 6.92 Å². The fourth-order valence-electron chi connectivity index (χ4n) is 2.35. The summed E-state index contributed by atoms with van der Waals surface area (Å²) in [5.41, 5.74) is -0.799. The summed E-state index contributed by atoms with van der Waals surface area (Å²) in [6, 6.07) is 0. The van der Waals surface area contributed by atoms with Gasteiger partial charge in [0.15, 0.2) is 0 Å². The number of carbonyl (C=O) groups is 1. The molecule has 1 N–H and O–H groups in total. The van der Waals surface area contributed by atoms with Crippen LogP contribution in [-0.4, -0.2) is 22.8 Å². The molecule has 1 heterocycles. The minimum absolute atomic E-state index is 0.0207. The molecule has 2 bridgehead atoms. The van der Waals surface area contributed by atoms with E-state index in [4.69, 9.17) is 4.74 Å². The first-order valence-electron chi connectivity index (χ1n) is 4.93. The Morgan fingerprint density at radius 1 is 1.62 bits per heavy atom. The molecule has 1 saturated heterocycles. The summed E-state index contributed by atoms with van der Waals surface area (Å²) in [4.78, 5) is 11.4. The van der Waals surface area contributed by atoms with Gasteiger partial charge in [0, 0.05) is 0 Å². The predicted molar refractivity (Wildman–Crippen MR) is 47.0 cm³/mol. The average Bonchev–Trinajstić information content (AvgIpc) is 2.06. The SMILES string of the molecule is C[C@H]1C(=O)O[C@@H]2C[C@H]1CC[C@]2(C)O. The molecule has 0 spiro atoms. The lowest BCUT2D eigenvalue weighted by molar-refractivity contribution is -0.194. The molecule has 2 aliphatic rings. The monoisotopic (exact) mass is 184 g/mol. The topological polar surface area (TPSA) is 46.5 Å². The third kappa shape index (κ3) is 1.35. The van der Waals surface area contributed by atoms with Gasteiger partial charge in [-0.05, 0) is 32.1 Å². The van der Waals surface area contributed by atoms with E-state index in [1.165, 1.54) is 0 Å². The first-order valence-corrected chi connectivity index (χ1v) is 4.93. The van der Waals surface area contributed by atoms with Crippen LogP contribution in [0.1, 0.15) is 33.1 Å². The highest BCUT2D eigenvalue weighted by molar-refractivity contribution is 5.73. The first kappa shape index (κ1) is 9.00. The van der Waals surface area contributed by atoms with Crippen molar-refractivity contribution in [2.75, 3.05) is 0 Å². The molecule has 2 rings (SSSR count). The number of fused-ring (bicyclic) bond motifs is 2. The van der Waals surface area contributed by atoms with Crippen molar-refractivity contribution in [1.82, 2.24) is 0 Å². The third-order valence-electron chi connectivity index (χ3n) is 3.57. The van der Waals surface area contributed by atoms with Gasteiger partial charge in [0.25, 0.3) is 0 Å². The zero-order valence-electron chi connectivity index (χ0n) is 8.12. The number of hydrogen-bond acceptors (Lipinski definition) is 3. The number of hydrogen-bond donors (Lipinski definition) is 1. The smallest absolute Gasteiger partial charge is 0.309 e. The molecule has 4 atom stereocenters. The molecular weight excluding hydrogens is 168 g/mol. The van der Waals surface area contributed by atoms with Gasteiger partial charge in [-0.1, -0.05) is 6.92 Å². The van der Waals surface area contributed by atoms with Crippen molar-refractivity contribution in [1.29, 1.82) is 0 Å². The van der Waals surface area contributed by atoms with Gasteiger partial charge in [-0.2, -0.15) is 0 Å². The Labute approximate surface area is 78.1 Å². The van der Waals surface area contributed by atoms with Gasteiger partial charge in [0.05, 0.1) is 11.5 Å². The van der Waals surface area contributed by atoms with Gasteiger partial charge in [0.2, 0.25) is 0 Å². The van der Waals surface area contributed by atoms with E-state index in [9.17, 15) is 9.90 Å². The Bertz CT molecular complexity index is 234. The maximum absolute atomic E-state index is 11.4. The summed E-state index contributed by atoms with van der Waals surface area (Å²) in [6.45, 7) is 3.68. The second kappa shape index (κ2) is 2.71. The highest BCUT2D eigenvalue weighted by atomic mass is 16.6. The van der Waals surface area contributed by atoms with Crippen LogP contribution >= 0.6 is 0 Å². The van der Waals surface area contributed by atoms with Gasteiger partial charge in [0.1, 0.15) is 6.10 Å². The lowest BCUT2D eigenvalue weighted by Crippen LogP contribution is -2.52. The molecule has 0 aromatic heterocycles. The standard InChI is InChI=1S/C10H16O3/c1-6-7-3-4-10(2,12)8(5-7)13-9(6)11/h6-8,12H,3-5H2,1-2H3/t6-,7-,8-,10+/m1/s1. The van der Waals surface area contributed by atoms with E-state index in [-0.39, 0.29) is 18.0 Å². The molecule has 0 aromatic carbocycles. The highest BCUT2D eigenvalue weighted by Gasteiger charge is 2.47. The quantitative estimate of drug-likeness (QED) is 0.573. The van der Waals surface area contributed by atoms with Crippen molar-refractivity contribution in [3.63, 3.8) is 0 Å². The Balaban J connectivity index is 2.19. The average molecular weight is 184 g/mol. The minimum Gasteiger partial charge on any atom is -0.459 e. The van der Waals surface area contributed by atoms with Crippen LogP contribution in [0.3, 0.4) is 0 Å². The van der Waals surface area contributed by atoms with Crippen LogP contribution in [0.4, 0.5) is 0 Å². The maximum Gasteiger partial charge on any atom is 0.309 e. The molecule has 3 heteroatoms. The summed E-state index contributed by atoms with van der Waals surface area (Å²) in [5.74, 6) is 0.306. The summed E-state index contributed by atoms with van der Waals surface area (Å²) in [5, 5.41) is 9.91. The van der Waals surface area contributed by atoms with Gasteiger partial charge in [-0.3, -0.25) is 4.79 Å². The summed E-state index contributed by atoms with van der Waals surface area (Å²) >= 11 is 0. The van der Waals surface area contributed by atoms with Gasteiger partial charge in [-0.25, -0.2) is 0 Å². The van der Waals surface area contributed by atoms with Crippen molar-refractivity contribution < 1.29 is 14.6 Å². The van der Waals surface area contributed by atoms with Crippen molar-refractivity contribution in [2.45, 2.75) is 44.8 Å². The fourth-order valence-corrected chi connectivity index (χ4v) is 2.35. The number of carbonyl (C=O) groups excluding carboxylic acids is 1. The molecule has 1 aliphatic carbocycles. The first-order chi connectivity index (χ1) is 6.00. The van der Waals surface area contributed by atoms with E-state index >= 15 is 0 Å². The lowest BCUT2D eigenvalue weighted by Gasteiger charge is -2.45. The van der Waals surface area contributed by atoms with E-state index in [0.29, 0.717) is 5.92 Å². The molecule has 2 fully saturated rings. The molecule has 3 nitrogen and oxygen atoms in total. The Morgan fingerprint density at radius 3 is 3.00 bits per heavy atom. The van der Waals surface area contributed by atoms with Crippen molar-refractivity contribution in [3.05, 3.63) is 0 Å². The predicted octanol–water partition coefficient (Wildman–Crippen LogP) is 1.10. The van der Waals surface area contributed by atoms with Crippen LogP contribution in [-0.2, 0) is 9.53 Å².